The number of aryl methyl sites for hydroxylation is 1. The van der Waals surface area contributed by atoms with Crippen molar-refractivity contribution in [3.8, 4) is 22.9 Å². The highest BCUT2D eigenvalue weighted by molar-refractivity contribution is 5.77. The molecular weight excluding hydrogens is 433 g/mol. The second-order valence-corrected chi connectivity index (χ2v) is 10.4. The highest BCUT2D eigenvalue weighted by Gasteiger charge is 2.24. The first-order valence-electron chi connectivity index (χ1n) is 14.0. The number of nitriles is 1. The lowest BCUT2D eigenvalue weighted by Crippen LogP contribution is -2.13. The number of halogens is 1. The van der Waals surface area contributed by atoms with Crippen molar-refractivity contribution in [3.63, 3.8) is 0 Å². The molecule has 2 aromatic carbocycles. The van der Waals surface area contributed by atoms with Gasteiger partial charge < -0.3 is 4.74 Å². The molecule has 0 heterocycles. The third-order valence-electron chi connectivity index (χ3n) is 7.92. The second kappa shape index (κ2) is 14.3. The van der Waals surface area contributed by atoms with Gasteiger partial charge in [0.25, 0.3) is 0 Å². The van der Waals surface area contributed by atoms with Crippen LogP contribution in [0, 0.1) is 23.1 Å². The van der Waals surface area contributed by atoms with Crippen LogP contribution in [-0.2, 0) is 6.42 Å². The number of methoxy groups -OCH3 is 1. The summed E-state index contributed by atoms with van der Waals surface area (Å²) in [6, 6.07) is 12.3. The molecule has 3 rings (SSSR count). The smallest absolute Gasteiger partial charge is 0.168 e. The fourth-order valence-corrected chi connectivity index (χ4v) is 5.71. The maximum atomic E-state index is 15.1. The van der Waals surface area contributed by atoms with Gasteiger partial charge in [0.1, 0.15) is 0 Å². The Labute approximate surface area is 212 Å². The molecule has 3 heteroatoms. The minimum absolute atomic E-state index is 0.248. The predicted octanol–water partition coefficient (Wildman–Crippen LogP) is 9.74. The van der Waals surface area contributed by atoms with Crippen LogP contribution in [-0.4, -0.2) is 7.11 Å². The Kier molecular flexibility index (Phi) is 11.1. The topological polar surface area (TPSA) is 33.0 Å². The van der Waals surface area contributed by atoms with E-state index in [1.807, 2.05) is 24.3 Å². The molecule has 0 spiro atoms. The molecular formula is C32H44FNO. The van der Waals surface area contributed by atoms with Crippen molar-refractivity contribution in [1.82, 2.24) is 0 Å². The maximum Gasteiger partial charge on any atom is 0.168 e. The standard InChI is InChI=1S/C32H44FNO/c1-4-6-8-9-10-11-12-24-14-16-25(17-15-24)27-19-20-29(28(22-27)23-34)30-21-18-26(13-7-5-2)31(33)32(30)35-3/h18-22,24-25H,4-17H2,1-3H3. The van der Waals surface area contributed by atoms with Gasteiger partial charge in [-0.15, -0.1) is 0 Å². The first-order valence-corrected chi connectivity index (χ1v) is 14.0. The quantitative estimate of drug-likeness (QED) is 0.269. The van der Waals surface area contributed by atoms with Gasteiger partial charge in [0, 0.05) is 11.1 Å². The average molecular weight is 478 g/mol. The fraction of sp³-hybridized carbons (Fsp3) is 0.594. The van der Waals surface area contributed by atoms with Crippen molar-refractivity contribution in [2.45, 2.75) is 110 Å². The number of unbranched alkanes of at least 4 members (excludes halogenated alkanes) is 6. The van der Waals surface area contributed by atoms with Crippen molar-refractivity contribution in [3.05, 3.63) is 52.8 Å². The van der Waals surface area contributed by atoms with E-state index in [4.69, 9.17) is 4.74 Å². The van der Waals surface area contributed by atoms with Crippen molar-refractivity contribution in [2.75, 3.05) is 7.11 Å². The molecule has 0 amide bonds. The molecule has 1 aliphatic rings. The molecule has 0 aromatic heterocycles. The molecule has 1 saturated carbocycles. The van der Waals surface area contributed by atoms with Crippen LogP contribution in [0.5, 0.6) is 5.75 Å². The van der Waals surface area contributed by atoms with Crippen LogP contribution in [0.4, 0.5) is 4.39 Å². The maximum absolute atomic E-state index is 15.1. The summed E-state index contributed by atoms with van der Waals surface area (Å²) in [5.74, 6) is 1.34. The summed E-state index contributed by atoms with van der Waals surface area (Å²) in [6.45, 7) is 4.38. The molecule has 0 radical (unpaired) electrons. The van der Waals surface area contributed by atoms with Gasteiger partial charge >= 0.3 is 0 Å². The first-order chi connectivity index (χ1) is 17.1. The molecule has 2 nitrogen and oxygen atoms in total. The lowest BCUT2D eigenvalue weighted by molar-refractivity contribution is 0.302. The molecule has 190 valence electrons. The summed E-state index contributed by atoms with van der Waals surface area (Å²) >= 11 is 0. The summed E-state index contributed by atoms with van der Waals surface area (Å²) < 4.78 is 20.6. The van der Waals surface area contributed by atoms with Crippen LogP contribution in [0.15, 0.2) is 30.3 Å². The number of hydrogen-bond donors (Lipinski definition) is 0. The number of nitrogens with zero attached hydrogens (tertiary/aromatic N) is 1. The summed E-state index contributed by atoms with van der Waals surface area (Å²) in [7, 11) is 1.51. The summed E-state index contributed by atoms with van der Waals surface area (Å²) in [5.41, 5.74) is 3.96. The van der Waals surface area contributed by atoms with E-state index in [1.54, 1.807) is 0 Å². The van der Waals surface area contributed by atoms with Gasteiger partial charge in [-0.05, 0) is 67.6 Å². The lowest BCUT2D eigenvalue weighted by atomic mass is 9.76. The number of benzene rings is 2. The Morgan fingerprint density at radius 2 is 1.57 bits per heavy atom. The number of ether oxygens (including phenoxy) is 1. The lowest BCUT2D eigenvalue weighted by Gasteiger charge is -2.29. The average Bonchev–Trinajstić information content (AvgIpc) is 2.90. The monoisotopic (exact) mass is 477 g/mol. The minimum atomic E-state index is -0.296. The van der Waals surface area contributed by atoms with Crippen molar-refractivity contribution < 1.29 is 9.13 Å². The van der Waals surface area contributed by atoms with Crippen LogP contribution in [0.1, 0.15) is 120 Å². The van der Waals surface area contributed by atoms with E-state index < -0.39 is 0 Å². The van der Waals surface area contributed by atoms with Crippen LogP contribution >= 0.6 is 0 Å². The zero-order valence-electron chi connectivity index (χ0n) is 22.2. The van der Waals surface area contributed by atoms with Gasteiger partial charge in [0.2, 0.25) is 0 Å². The zero-order chi connectivity index (χ0) is 25.0. The third kappa shape index (κ3) is 7.33. The molecule has 0 aliphatic heterocycles. The molecule has 0 unspecified atom stereocenters. The van der Waals surface area contributed by atoms with Gasteiger partial charge in [0.05, 0.1) is 18.7 Å². The highest BCUT2D eigenvalue weighted by atomic mass is 19.1. The van der Waals surface area contributed by atoms with Gasteiger partial charge in [-0.3, -0.25) is 0 Å². The second-order valence-electron chi connectivity index (χ2n) is 10.4. The summed E-state index contributed by atoms with van der Waals surface area (Å²) in [4.78, 5) is 0. The van der Waals surface area contributed by atoms with Crippen LogP contribution in [0.3, 0.4) is 0 Å². The normalized spacial score (nSPS) is 17.8. The van der Waals surface area contributed by atoms with Gasteiger partial charge in [-0.1, -0.05) is 89.5 Å². The molecule has 0 saturated heterocycles. The number of hydrogen-bond acceptors (Lipinski definition) is 2. The summed E-state index contributed by atoms with van der Waals surface area (Å²) in [5, 5.41) is 9.94. The molecule has 35 heavy (non-hydrogen) atoms. The fourth-order valence-electron chi connectivity index (χ4n) is 5.71. The Bertz CT molecular complexity index is 968. The Morgan fingerprint density at radius 1 is 0.886 bits per heavy atom. The first kappa shape index (κ1) is 27.3. The molecule has 0 bridgehead atoms. The zero-order valence-corrected chi connectivity index (χ0v) is 22.2. The van der Waals surface area contributed by atoms with E-state index in [9.17, 15) is 5.26 Å². The van der Waals surface area contributed by atoms with Crippen molar-refractivity contribution in [2.24, 2.45) is 5.92 Å². The third-order valence-corrected chi connectivity index (χ3v) is 7.92. The highest BCUT2D eigenvalue weighted by Crippen LogP contribution is 2.41. The van der Waals surface area contributed by atoms with E-state index in [1.165, 1.54) is 83.3 Å². The van der Waals surface area contributed by atoms with Gasteiger partial charge in [-0.2, -0.15) is 5.26 Å². The van der Waals surface area contributed by atoms with E-state index in [0.717, 1.165) is 24.3 Å². The van der Waals surface area contributed by atoms with E-state index in [2.05, 4.69) is 26.0 Å². The Balaban J connectivity index is 1.66. The SMILES string of the molecule is CCCCCCCCC1CCC(c2ccc(-c3ccc(CCCC)c(F)c3OC)c(C#N)c2)CC1. The molecule has 2 aromatic rings. The Morgan fingerprint density at radius 3 is 2.26 bits per heavy atom. The van der Waals surface area contributed by atoms with Crippen molar-refractivity contribution >= 4 is 0 Å². The van der Waals surface area contributed by atoms with Crippen LogP contribution < -0.4 is 4.74 Å². The largest absolute Gasteiger partial charge is 0.493 e. The van der Waals surface area contributed by atoms with Gasteiger partial charge in [-0.25, -0.2) is 4.39 Å². The van der Waals surface area contributed by atoms with Crippen molar-refractivity contribution in [1.29, 1.82) is 5.26 Å². The molecule has 1 fully saturated rings. The minimum Gasteiger partial charge on any atom is -0.493 e. The molecule has 1 aliphatic carbocycles. The Hall–Kier alpha value is -2.34. The summed E-state index contributed by atoms with van der Waals surface area (Å²) in [6.07, 6.45) is 17.3. The number of rotatable bonds is 13. The predicted molar refractivity (Wildman–Crippen MR) is 144 cm³/mol. The van der Waals surface area contributed by atoms with E-state index >= 15 is 4.39 Å². The molecule has 0 N–H and O–H groups in total. The van der Waals surface area contributed by atoms with E-state index in [-0.39, 0.29) is 11.6 Å². The van der Waals surface area contributed by atoms with E-state index in [0.29, 0.717) is 29.0 Å². The van der Waals surface area contributed by atoms with Crippen LogP contribution in [0.25, 0.3) is 11.1 Å². The van der Waals surface area contributed by atoms with Crippen LogP contribution in [0.2, 0.25) is 0 Å². The van der Waals surface area contributed by atoms with Gasteiger partial charge in [0.15, 0.2) is 11.6 Å². The molecule has 0 atom stereocenters.